The molecule has 0 bridgehead atoms. The highest BCUT2D eigenvalue weighted by molar-refractivity contribution is 5.87. The summed E-state index contributed by atoms with van der Waals surface area (Å²) >= 11 is 0. The number of morpholine rings is 1. The first-order valence-corrected chi connectivity index (χ1v) is 10.6. The summed E-state index contributed by atoms with van der Waals surface area (Å²) in [7, 11) is 3.30. The third-order valence-corrected chi connectivity index (χ3v) is 5.46. The van der Waals surface area contributed by atoms with Crippen LogP contribution in [0.3, 0.4) is 0 Å². The first-order chi connectivity index (χ1) is 16.1. The van der Waals surface area contributed by atoms with E-state index in [1.807, 2.05) is 29.8 Å². The van der Waals surface area contributed by atoms with Crippen LogP contribution in [0.15, 0.2) is 48.9 Å². The zero-order valence-corrected chi connectivity index (χ0v) is 18.4. The van der Waals surface area contributed by atoms with Crippen molar-refractivity contribution in [3.8, 4) is 11.3 Å². The molecule has 3 aromatic heterocycles. The Labute approximate surface area is 190 Å². The number of fused-ring (bicyclic) bond motifs is 1. The van der Waals surface area contributed by atoms with Crippen molar-refractivity contribution in [2.75, 3.05) is 43.6 Å². The van der Waals surface area contributed by atoms with Crippen molar-refractivity contribution < 1.29 is 14.3 Å². The van der Waals surface area contributed by atoms with Crippen LogP contribution < -0.4 is 10.2 Å². The van der Waals surface area contributed by atoms with E-state index in [4.69, 9.17) is 19.4 Å². The lowest BCUT2D eigenvalue weighted by Crippen LogP contribution is -2.37. The quantitative estimate of drug-likeness (QED) is 0.464. The third kappa shape index (κ3) is 4.33. The Bertz CT molecular complexity index is 1300. The maximum absolute atomic E-state index is 11.7. The molecule has 0 spiro atoms. The lowest BCUT2D eigenvalue weighted by atomic mass is 10.1. The number of carbonyl (C=O) groups excluding carboxylic acids is 1. The molecular formula is C23H23N7O3. The maximum atomic E-state index is 11.7. The smallest absolute Gasteiger partial charge is 0.356 e. The molecule has 5 rings (SSSR count). The number of esters is 1. The molecule has 0 atom stereocenters. The van der Waals surface area contributed by atoms with E-state index in [2.05, 4.69) is 26.3 Å². The molecule has 0 unspecified atom stereocenters. The number of carbonyl (C=O) groups is 1. The van der Waals surface area contributed by atoms with Crippen LogP contribution in [0.2, 0.25) is 0 Å². The molecule has 1 aromatic carbocycles. The van der Waals surface area contributed by atoms with Crippen molar-refractivity contribution in [3.63, 3.8) is 0 Å². The van der Waals surface area contributed by atoms with Gasteiger partial charge in [-0.05, 0) is 24.3 Å². The number of anilines is 3. The second-order valence-electron chi connectivity index (χ2n) is 7.65. The maximum Gasteiger partial charge on any atom is 0.356 e. The summed E-state index contributed by atoms with van der Waals surface area (Å²) in [6.45, 7) is 2.71. The topological polar surface area (TPSA) is 107 Å². The van der Waals surface area contributed by atoms with Crippen molar-refractivity contribution in [2.45, 2.75) is 0 Å². The number of pyridine rings is 1. The van der Waals surface area contributed by atoms with Crippen molar-refractivity contribution in [3.05, 3.63) is 54.6 Å². The number of ether oxygens (including phenoxy) is 2. The Morgan fingerprint density at radius 2 is 1.94 bits per heavy atom. The van der Waals surface area contributed by atoms with E-state index >= 15 is 0 Å². The molecule has 33 heavy (non-hydrogen) atoms. The predicted molar refractivity (Wildman–Crippen MR) is 124 cm³/mol. The molecule has 1 fully saturated rings. The molecule has 10 nitrogen and oxygen atoms in total. The number of nitrogens with zero attached hydrogens (tertiary/aromatic N) is 6. The molecule has 1 N–H and O–H groups in total. The highest BCUT2D eigenvalue weighted by Gasteiger charge is 2.17. The Kier molecular flexibility index (Phi) is 5.57. The highest BCUT2D eigenvalue weighted by atomic mass is 16.5. The molecule has 4 aromatic rings. The first kappa shape index (κ1) is 20.8. The number of hydrogen-bond donors (Lipinski definition) is 1. The van der Waals surface area contributed by atoms with Gasteiger partial charge in [-0.1, -0.05) is 6.07 Å². The summed E-state index contributed by atoms with van der Waals surface area (Å²) in [6, 6.07) is 11.3. The summed E-state index contributed by atoms with van der Waals surface area (Å²) < 4.78 is 12.2. The van der Waals surface area contributed by atoms with Gasteiger partial charge in [0.15, 0.2) is 0 Å². The van der Waals surface area contributed by atoms with Gasteiger partial charge in [0.2, 0.25) is 5.95 Å². The molecule has 168 valence electrons. The van der Waals surface area contributed by atoms with Crippen LogP contribution in [-0.4, -0.2) is 63.9 Å². The summed E-state index contributed by atoms with van der Waals surface area (Å²) in [5.74, 6) is 0.771. The van der Waals surface area contributed by atoms with Gasteiger partial charge in [0.25, 0.3) is 0 Å². The second kappa shape index (κ2) is 8.83. The average Bonchev–Trinajstić information content (AvgIpc) is 3.24. The van der Waals surface area contributed by atoms with Gasteiger partial charge in [-0.15, -0.1) is 0 Å². The molecular weight excluding hydrogens is 422 g/mol. The molecule has 4 heterocycles. The number of rotatable bonds is 5. The minimum atomic E-state index is -0.481. The van der Waals surface area contributed by atoms with Gasteiger partial charge in [-0.2, -0.15) is 4.98 Å². The van der Waals surface area contributed by atoms with Gasteiger partial charge >= 0.3 is 5.97 Å². The van der Waals surface area contributed by atoms with E-state index in [0.717, 1.165) is 35.4 Å². The van der Waals surface area contributed by atoms with Crippen molar-refractivity contribution in [1.29, 1.82) is 0 Å². The largest absolute Gasteiger partial charge is 0.464 e. The first-order valence-electron chi connectivity index (χ1n) is 10.6. The molecule has 0 radical (unpaired) electrons. The van der Waals surface area contributed by atoms with Crippen LogP contribution in [0, 0.1) is 0 Å². The zero-order chi connectivity index (χ0) is 22.8. The Morgan fingerprint density at radius 3 is 2.70 bits per heavy atom. The Balaban J connectivity index is 1.52. The number of imidazole rings is 1. The lowest BCUT2D eigenvalue weighted by molar-refractivity contribution is 0.0594. The summed E-state index contributed by atoms with van der Waals surface area (Å²) in [5.41, 5.74) is 4.64. The number of hydrogen-bond acceptors (Lipinski definition) is 9. The van der Waals surface area contributed by atoms with E-state index < -0.39 is 5.97 Å². The monoisotopic (exact) mass is 445 g/mol. The Hall–Kier alpha value is -4.05. The van der Waals surface area contributed by atoms with Gasteiger partial charge in [0.05, 0.1) is 55.3 Å². The van der Waals surface area contributed by atoms with Crippen LogP contribution in [0.5, 0.6) is 0 Å². The molecule has 0 aliphatic carbocycles. The molecule has 0 amide bonds. The predicted octanol–water partition coefficient (Wildman–Crippen LogP) is 2.79. The van der Waals surface area contributed by atoms with Crippen LogP contribution in [0.4, 0.5) is 17.5 Å². The second-order valence-corrected chi connectivity index (χ2v) is 7.65. The molecule has 1 aliphatic heterocycles. The van der Waals surface area contributed by atoms with E-state index in [-0.39, 0.29) is 5.69 Å². The molecule has 1 aliphatic rings. The zero-order valence-electron chi connectivity index (χ0n) is 18.4. The Morgan fingerprint density at radius 1 is 1.09 bits per heavy atom. The fourth-order valence-electron chi connectivity index (χ4n) is 3.68. The fraction of sp³-hybridized carbons (Fsp3) is 0.261. The number of aryl methyl sites for hydroxylation is 1. The van der Waals surface area contributed by atoms with Crippen molar-refractivity contribution in [2.24, 2.45) is 7.05 Å². The standard InChI is InChI=1S/C23H23N7O3/c1-29-14-25-17-5-3-15(11-20(17)29)19-12-21(28-23(27-19)30-7-9-33-10-8-30)26-16-4-6-18(24-13-16)22(31)32-2/h3-6,11-14H,7-10H2,1-2H3,(H,26,27,28). The number of benzene rings is 1. The number of nitrogens with one attached hydrogen (secondary N) is 1. The van der Waals surface area contributed by atoms with E-state index in [0.29, 0.717) is 30.7 Å². The van der Waals surface area contributed by atoms with Crippen molar-refractivity contribution in [1.82, 2.24) is 24.5 Å². The average molecular weight is 445 g/mol. The van der Waals surface area contributed by atoms with Crippen LogP contribution >= 0.6 is 0 Å². The van der Waals surface area contributed by atoms with E-state index in [9.17, 15) is 4.79 Å². The van der Waals surface area contributed by atoms with Gasteiger partial charge in [0, 0.05) is 31.8 Å². The molecule has 1 saturated heterocycles. The normalized spacial score (nSPS) is 13.8. The van der Waals surface area contributed by atoms with Gasteiger partial charge in [0.1, 0.15) is 11.5 Å². The minimum Gasteiger partial charge on any atom is -0.464 e. The number of aromatic nitrogens is 5. The summed E-state index contributed by atoms with van der Waals surface area (Å²) in [4.78, 5) is 31.9. The lowest BCUT2D eigenvalue weighted by Gasteiger charge is -2.27. The fourth-order valence-corrected chi connectivity index (χ4v) is 3.68. The van der Waals surface area contributed by atoms with E-state index in [1.54, 1.807) is 24.7 Å². The van der Waals surface area contributed by atoms with Crippen LogP contribution in [0.1, 0.15) is 10.5 Å². The van der Waals surface area contributed by atoms with Crippen LogP contribution in [-0.2, 0) is 16.5 Å². The van der Waals surface area contributed by atoms with Gasteiger partial charge in [-0.25, -0.2) is 19.7 Å². The highest BCUT2D eigenvalue weighted by Crippen LogP contribution is 2.27. The SMILES string of the molecule is COC(=O)c1ccc(Nc2cc(-c3ccc4ncn(C)c4c3)nc(N3CCOCC3)n2)cn1. The van der Waals surface area contributed by atoms with Gasteiger partial charge < -0.3 is 24.3 Å². The minimum absolute atomic E-state index is 0.241. The summed E-state index contributed by atoms with van der Waals surface area (Å²) in [6.07, 6.45) is 3.37. The van der Waals surface area contributed by atoms with Crippen LogP contribution in [0.25, 0.3) is 22.3 Å². The van der Waals surface area contributed by atoms with Crippen molar-refractivity contribution >= 4 is 34.5 Å². The third-order valence-electron chi connectivity index (χ3n) is 5.46. The summed E-state index contributed by atoms with van der Waals surface area (Å²) in [5, 5.41) is 3.28. The number of methoxy groups -OCH3 is 1. The van der Waals surface area contributed by atoms with Gasteiger partial charge in [-0.3, -0.25) is 0 Å². The molecule has 10 heteroatoms. The molecule has 0 saturated carbocycles. The van der Waals surface area contributed by atoms with E-state index in [1.165, 1.54) is 7.11 Å².